The monoisotopic (exact) mass is 1490 g/mol. The van der Waals surface area contributed by atoms with Crippen molar-refractivity contribution in [3.63, 3.8) is 0 Å². The number of nitrogens with two attached hydrogens (primary N) is 2. The van der Waals surface area contributed by atoms with Gasteiger partial charge in [-0.1, -0.05) is 35.1 Å². The largest absolute Gasteiger partial charge is 3.00 e. The van der Waals surface area contributed by atoms with E-state index in [9.17, 15) is 92.5 Å². The van der Waals surface area contributed by atoms with E-state index < -0.39 is 149 Å². The maximum atomic E-state index is 13.3. The molecule has 0 saturated heterocycles. The van der Waals surface area contributed by atoms with Crippen LogP contribution >= 0.6 is 23.2 Å². The van der Waals surface area contributed by atoms with Crippen LogP contribution in [0.1, 0.15) is 0 Å². The number of azo groups is 2. The van der Waals surface area contributed by atoms with Crippen molar-refractivity contribution in [3.05, 3.63) is 128 Å². The summed E-state index contributed by atoms with van der Waals surface area (Å²) in [5.41, 5.74) is 6.85. The second-order valence-corrected chi connectivity index (χ2v) is 23.5. The zero-order chi connectivity index (χ0) is 64.3. The normalized spacial score (nSPS) is 11.5. The summed E-state index contributed by atoms with van der Waals surface area (Å²) in [4.78, 5) is 38.8. The van der Waals surface area contributed by atoms with Gasteiger partial charge in [0, 0.05) is 57.2 Å². The van der Waals surface area contributed by atoms with Gasteiger partial charge in [-0.25, -0.2) is 33.7 Å². The molecule has 0 radical (unpaired) electrons. The average Bonchev–Trinajstić information content (AvgIpc) is 0.778. The number of hydrogen-bond donors (Lipinski definition) is 4. The molecule has 2 aromatic heterocycles. The Hall–Kier alpha value is -5.05. The van der Waals surface area contributed by atoms with E-state index in [4.69, 9.17) is 34.7 Å². The minimum atomic E-state index is -5.39. The van der Waals surface area contributed by atoms with Crippen molar-refractivity contribution in [3.8, 4) is 23.0 Å². The summed E-state index contributed by atoms with van der Waals surface area (Å²) in [6, 6.07) is 15.2. The van der Waals surface area contributed by atoms with Gasteiger partial charge in [-0.2, -0.15) is 40.1 Å². The number of nitrogen functional groups attached to an aromatic ring is 2. The first-order valence-corrected chi connectivity index (χ1v) is 29.4. The fourth-order valence-electron chi connectivity index (χ4n) is 8.23. The number of nitrogens with one attached hydrogen (secondary N) is 2. The van der Waals surface area contributed by atoms with E-state index in [0.29, 0.717) is 24.3 Å². The molecule has 0 spiro atoms. The van der Waals surface area contributed by atoms with Gasteiger partial charge in [-0.05, 0) is 105 Å². The second kappa shape index (κ2) is 32.5. The molecule has 0 aliphatic rings. The van der Waals surface area contributed by atoms with Crippen LogP contribution in [0.15, 0.2) is 137 Å². The summed E-state index contributed by atoms with van der Waals surface area (Å²) in [6.07, 6.45) is 0. The number of hydrogen-bond acceptors (Lipinski definition) is 34. The Balaban J connectivity index is 0.000000461. The van der Waals surface area contributed by atoms with Crippen LogP contribution in [0.2, 0.25) is 10.6 Å². The number of nitrogens with zero attached hydrogens (tertiary/aromatic N) is 12. The maximum Gasteiger partial charge on any atom is 3.00 e. The number of aromatic nitrogens is 6. The second-order valence-electron chi connectivity index (χ2n) is 17.4. The molecule has 0 amide bonds. The van der Waals surface area contributed by atoms with Crippen LogP contribution in [-0.2, 0) is 57.3 Å². The van der Waals surface area contributed by atoms with Gasteiger partial charge < -0.3 is 60.7 Å². The van der Waals surface area contributed by atoms with Gasteiger partial charge in [0.2, 0.25) is 34.4 Å². The third-order valence-corrected chi connectivity index (χ3v) is 15.7. The van der Waals surface area contributed by atoms with Gasteiger partial charge in [0.1, 0.15) is 40.5 Å². The van der Waals surface area contributed by atoms with Crippen LogP contribution in [0.25, 0.3) is 43.1 Å². The van der Waals surface area contributed by atoms with Gasteiger partial charge in [0.05, 0.1) is 52.2 Å². The number of non-ortho nitro benzene ring substituents is 2. The number of anilines is 6. The SMILES string of the molecule is Nc1nc(Cl)nc(Nc2ccc3c([O-])c(N=Nc4c([O-])cc(S(=O)(=O)[O-])c5cc([N+](=O)[O-])ccc45)c(S(=O)(=O)[O-])cc3c2)n1.Nc1nc(Cl)nc(Nc2ccc3c([O-])c(N=Nc4c([O-])cc(S(=O)(=O)[O-])c5cc([N+](=O)[O-])ccc45)c(S(=O)(=O)[O-])cc3c2)n1.[Co+3].[Na+].[Na+].[Na+].[Na+].[Na+]. The van der Waals surface area contributed by atoms with Crippen LogP contribution in [0.4, 0.5) is 69.3 Å². The molecule has 94 heavy (non-hydrogen) atoms. The van der Waals surface area contributed by atoms with Crippen molar-refractivity contribution < 1.29 is 247 Å². The molecule has 36 nitrogen and oxygen atoms in total. The van der Waals surface area contributed by atoms with Crippen LogP contribution in [0, 0.1) is 20.2 Å². The molecule has 458 valence electrons. The molecule has 0 bridgehead atoms. The zero-order valence-electron chi connectivity index (χ0n) is 47.6. The van der Waals surface area contributed by atoms with Crippen LogP contribution in [0.3, 0.4) is 0 Å². The molecule has 0 atom stereocenters. The molecule has 10 aromatic rings. The van der Waals surface area contributed by atoms with Crippen LogP contribution < -0.4 is 190 Å². The van der Waals surface area contributed by atoms with Crippen molar-refractivity contribution in [2.24, 2.45) is 20.5 Å². The molecule has 0 aliphatic heterocycles. The van der Waals surface area contributed by atoms with Gasteiger partial charge in [-0.3, -0.25) is 20.2 Å². The van der Waals surface area contributed by atoms with E-state index in [1.54, 1.807) is 0 Å². The molecule has 0 unspecified atom stereocenters. The molecule has 2 heterocycles. The minimum Gasteiger partial charge on any atom is -0.871 e. The van der Waals surface area contributed by atoms with E-state index in [2.05, 4.69) is 61.0 Å². The first-order chi connectivity index (χ1) is 41.0. The number of rotatable bonds is 14. The van der Waals surface area contributed by atoms with Crippen molar-refractivity contribution in [2.75, 3.05) is 22.1 Å². The van der Waals surface area contributed by atoms with E-state index >= 15 is 0 Å². The molecule has 8 aromatic carbocycles. The molecule has 0 fully saturated rings. The molecule has 10 rings (SSSR count). The molecular weight excluding hydrogens is 1470 g/mol. The zero-order valence-corrected chi connectivity index (χ0v) is 63.5. The minimum absolute atomic E-state index is 0. The Bertz CT molecular complexity index is 4920. The third kappa shape index (κ3) is 18.8. The van der Waals surface area contributed by atoms with Crippen molar-refractivity contribution in [2.45, 2.75) is 19.6 Å². The Labute approximate surface area is 656 Å². The van der Waals surface area contributed by atoms with Crippen molar-refractivity contribution in [1.82, 2.24) is 29.9 Å². The Morgan fingerprint density at radius 1 is 0.404 bits per heavy atom. The number of nitro benzene ring substituents is 2. The number of halogens is 2. The number of fused-ring (bicyclic) bond motifs is 4. The Kier molecular flexibility index (Phi) is 28.8. The summed E-state index contributed by atoms with van der Waals surface area (Å²) >= 11 is 11.5. The van der Waals surface area contributed by atoms with Crippen LogP contribution in [0.5, 0.6) is 23.0 Å². The average molecular weight is 1490 g/mol. The molecule has 0 saturated carbocycles. The smallest absolute Gasteiger partial charge is 0.871 e. The maximum absolute atomic E-state index is 13.3. The first-order valence-electron chi connectivity index (χ1n) is 23.0. The number of nitro groups is 2. The Morgan fingerprint density at radius 3 is 1.01 bits per heavy atom. The topological polar surface area (TPSA) is 610 Å². The predicted octanol–water partition coefficient (Wildman–Crippen LogP) is -10.1. The summed E-state index contributed by atoms with van der Waals surface area (Å²) < 4.78 is 144. The van der Waals surface area contributed by atoms with Gasteiger partial charge in [0.15, 0.2) is 0 Å². The van der Waals surface area contributed by atoms with E-state index in [1.165, 1.54) is 36.4 Å². The quantitative estimate of drug-likeness (QED) is 0.0258. The van der Waals surface area contributed by atoms with Gasteiger partial charge in [-0.15, -0.1) is 10.2 Å². The summed E-state index contributed by atoms with van der Waals surface area (Å²) in [5, 5.41) is 91.7. The summed E-state index contributed by atoms with van der Waals surface area (Å²) in [6.45, 7) is 0. The number of benzene rings is 8. The Morgan fingerprint density at radius 2 is 0.713 bits per heavy atom. The predicted molar refractivity (Wildman–Crippen MR) is 292 cm³/mol. The van der Waals surface area contributed by atoms with E-state index in [-0.39, 0.29) is 232 Å². The van der Waals surface area contributed by atoms with Gasteiger partial charge >= 0.3 is 165 Å². The van der Waals surface area contributed by atoms with Crippen LogP contribution in [-0.4, -0.2) is 91.6 Å². The fraction of sp³-hybridized carbons (Fsp3) is 0. The first kappa shape index (κ1) is 83.2. The molecule has 0 aliphatic carbocycles. The van der Waals surface area contributed by atoms with Crippen molar-refractivity contribution in [1.29, 1.82) is 0 Å². The molecular formula is C46H22Cl2CoN16Na5O20S4. The standard InChI is InChI=1S/2C23H15ClN8O10S2.Co.5Na/c2*24-21-27-22(25)29-23(28-21)26-10-1-3-12-9(5-10)6-17(44(40,41)42)19(20(12)34)31-30-18-13-4-2-11(32(35)36)7-14(13)16(8-15(18)33)43(37,38)39;;;;;;/h2*1-8,33-34H,(H,37,38,39)(H,40,41,42)(H3,25,26,27,28,29);;;;;;/q;;+3;5*+1/p-8. The molecule has 48 heteroatoms. The van der Waals surface area contributed by atoms with Gasteiger partial charge in [0.25, 0.3) is 11.4 Å². The van der Waals surface area contributed by atoms with E-state index in [0.717, 1.165) is 36.4 Å². The summed E-state index contributed by atoms with van der Waals surface area (Å²) in [5.74, 6) is -5.20. The molecule has 6 N–H and O–H groups in total. The van der Waals surface area contributed by atoms with E-state index in [1.807, 2.05) is 0 Å². The summed E-state index contributed by atoms with van der Waals surface area (Å²) in [7, 11) is -21.4. The third-order valence-electron chi connectivity index (χ3n) is 11.9. The fourth-order valence-corrected chi connectivity index (χ4v) is 11.2. The van der Waals surface area contributed by atoms with Crippen molar-refractivity contribution >= 4 is 176 Å².